The Balaban J connectivity index is 1.48. The van der Waals surface area contributed by atoms with Crippen LogP contribution < -0.4 is 16.0 Å². The maximum absolute atomic E-state index is 11.6. The van der Waals surface area contributed by atoms with Crippen molar-refractivity contribution in [2.45, 2.75) is 62.6 Å². The van der Waals surface area contributed by atoms with Gasteiger partial charge in [0.15, 0.2) is 0 Å². The van der Waals surface area contributed by atoms with Crippen LogP contribution in [-0.2, 0) is 0 Å². The Kier molecular flexibility index (Phi) is 2.54. The van der Waals surface area contributed by atoms with E-state index in [2.05, 4.69) is 16.0 Å². The van der Waals surface area contributed by atoms with Gasteiger partial charge in [0.25, 0.3) is 0 Å². The fourth-order valence-corrected chi connectivity index (χ4v) is 2.91. The van der Waals surface area contributed by atoms with E-state index in [1.54, 1.807) is 0 Å². The molecule has 3 fully saturated rings. The smallest absolute Gasteiger partial charge is 0.315 e. The molecule has 0 aromatic rings. The van der Waals surface area contributed by atoms with Crippen LogP contribution in [0.5, 0.6) is 0 Å². The van der Waals surface area contributed by atoms with Crippen LogP contribution in [-0.4, -0.2) is 30.2 Å². The van der Waals surface area contributed by atoms with Crippen molar-refractivity contribution in [2.75, 3.05) is 6.54 Å². The third kappa shape index (κ3) is 2.17. The molecule has 2 amide bonds. The lowest BCUT2D eigenvalue weighted by atomic mass is 9.70. The molecule has 1 atom stereocenters. The second-order valence-corrected chi connectivity index (χ2v) is 5.64. The van der Waals surface area contributed by atoms with Crippen LogP contribution in [0.4, 0.5) is 4.79 Å². The minimum absolute atomic E-state index is 0.0453. The van der Waals surface area contributed by atoms with Gasteiger partial charge in [-0.1, -0.05) is 0 Å². The minimum Gasteiger partial charge on any atom is -0.335 e. The summed E-state index contributed by atoms with van der Waals surface area (Å²) < 4.78 is 0. The van der Waals surface area contributed by atoms with E-state index in [1.807, 2.05) is 0 Å². The van der Waals surface area contributed by atoms with Crippen molar-refractivity contribution >= 4 is 6.03 Å². The standard InChI is InChI=1S/C12H21N3O/c16-11(14-9-2-3-9)15-10-4-7-13-12(8-10)5-1-6-12/h9-10,13H,1-8H2,(H2,14,15,16). The van der Waals surface area contributed by atoms with Crippen molar-refractivity contribution < 1.29 is 4.79 Å². The van der Waals surface area contributed by atoms with Crippen LogP contribution in [0.1, 0.15) is 44.9 Å². The Morgan fingerprint density at radius 1 is 1.12 bits per heavy atom. The molecule has 2 saturated carbocycles. The Bertz CT molecular complexity index is 284. The van der Waals surface area contributed by atoms with Crippen molar-refractivity contribution in [1.29, 1.82) is 0 Å². The summed E-state index contributed by atoms with van der Waals surface area (Å²) in [5.41, 5.74) is 0.371. The highest BCUT2D eigenvalue weighted by atomic mass is 16.2. The van der Waals surface area contributed by atoms with Crippen LogP contribution in [0.15, 0.2) is 0 Å². The molecule has 4 nitrogen and oxygen atoms in total. The number of urea groups is 1. The second kappa shape index (κ2) is 3.91. The van der Waals surface area contributed by atoms with Gasteiger partial charge in [-0.2, -0.15) is 0 Å². The van der Waals surface area contributed by atoms with Gasteiger partial charge in [0.05, 0.1) is 0 Å². The molecular formula is C12H21N3O. The number of nitrogens with one attached hydrogen (secondary N) is 3. The predicted octanol–water partition coefficient (Wildman–Crippen LogP) is 1.12. The van der Waals surface area contributed by atoms with E-state index in [9.17, 15) is 4.79 Å². The van der Waals surface area contributed by atoms with E-state index >= 15 is 0 Å². The molecule has 1 heterocycles. The molecule has 0 radical (unpaired) electrons. The lowest BCUT2D eigenvalue weighted by Gasteiger charge is -2.48. The Labute approximate surface area is 96.5 Å². The number of hydrogen-bond acceptors (Lipinski definition) is 2. The van der Waals surface area contributed by atoms with E-state index < -0.39 is 0 Å². The summed E-state index contributed by atoms with van der Waals surface area (Å²) >= 11 is 0. The molecule has 3 rings (SSSR count). The van der Waals surface area contributed by atoms with Crippen LogP contribution in [0.2, 0.25) is 0 Å². The zero-order valence-corrected chi connectivity index (χ0v) is 9.72. The van der Waals surface area contributed by atoms with E-state index in [4.69, 9.17) is 0 Å². The quantitative estimate of drug-likeness (QED) is 0.657. The monoisotopic (exact) mass is 223 g/mol. The van der Waals surface area contributed by atoms with Crippen LogP contribution in [0.25, 0.3) is 0 Å². The molecule has 3 N–H and O–H groups in total. The van der Waals surface area contributed by atoms with Gasteiger partial charge in [-0.3, -0.25) is 0 Å². The van der Waals surface area contributed by atoms with Gasteiger partial charge in [-0.15, -0.1) is 0 Å². The highest BCUT2D eigenvalue weighted by Crippen LogP contribution is 2.38. The average Bonchev–Trinajstić information content (AvgIpc) is 2.99. The molecule has 2 aliphatic carbocycles. The van der Waals surface area contributed by atoms with Gasteiger partial charge in [0.1, 0.15) is 0 Å². The number of piperidine rings is 1. The van der Waals surface area contributed by atoms with Crippen molar-refractivity contribution in [2.24, 2.45) is 0 Å². The van der Waals surface area contributed by atoms with Gasteiger partial charge in [0, 0.05) is 17.6 Å². The molecule has 1 spiro atoms. The van der Waals surface area contributed by atoms with E-state index in [0.29, 0.717) is 17.6 Å². The molecule has 0 aromatic carbocycles. The molecule has 4 heteroatoms. The summed E-state index contributed by atoms with van der Waals surface area (Å²) in [4.78, 5) is 11.6. The minimum atomic E-state index is 0.0453. The summed E-state index contributed by atoms with van der Waals surface area (Å²) in [7, 11) is 0. The van der Waals surface area contributed by atoms with Crippen LogP contribution in [0.3, 0.4) is 0 Å². The van der Waals surface area contributed by atoms with Crippen molar-refractivity contribution in [3.05, 3.63) is 0 Å². The molecule has 16 heavy (non-hydrogen) atoms. The number of hydrogen-bond donors (Lipinski definition) is 3. The molecule has 0 bridgehead atoms. The molecule has 1 saturated heterocycles. The van der Waals surface area contributed by atoms with E-state index in [1.165, 1.54) is 19.3 Å². The van der Waals surface area contributed by atoms with Gasteiger partial charge in [-0.05, 0) is 51.5 Å². The summed E-state index contributed by atoms with van der Waals surface area (Å²) in [5.74, 6) is 0. The fourth-order valence-electron chi connectivity index (χ4n) is 2.91. The Hall–Kier alpha value is -0.770. The largest absolute Gasteiger partial charge is 0.335 e. The summed E-state index contributed by atoms with van der Waals surface area (Å²) in [5, 5.41) is 9.73. The first kappa shape index (κ1) is 10.4. The summed E-state index contributed by atoms with van der Waals surface area (Å²) in [6.07, 6.45) is 8.41. The molecule has 90 valence electrons. The lowest BCUT2D eigenvalue weighted by molar-refractivity contribution is 0.121. The van der Waals surface area contributed by atoms with E-state index in [-0.39, 0.29) is 6.03 Å². The average molecular weight is 223 g/mol. The normalized spacial score (nSPS) is 31.9. The topological polar surface area (TPSA) is 53.2 Å². The lowest BCUT2D eigenvalue weighted by Crippen LogP contribution is -2.60. The number of rotatable bonds is 2. The maximum Gasteiger partial charge on any atom is 0.315 e. The third-order valence-corrected chi connectivity index (χ3v) is 4.19. The number of amides is 2. The van der Waals surface area contributed by atoms with Gasteiger partial charge in [0.2, 0.25) is 0 Å². The van der Waals surface area contributed by atoms with Gasteiger partial charge in [-0.25, -0.2) is 4.79 Å². The first-order valence-corrected chi connectivity index (χ1v) is 6.58. The van der Waals surface area contributed by atoms with Crippen LogP contribution in [0, 0.1) is 0 Å². The predicted molar refractivity (Wildman–Crippen MR) is 62.3 cm³/mol. The van der Waals surface area contributed by atoms with Gasteiger partial charge >= 0.3 is 6.03 Å². The molecule has 1 unspecified atom stereocenters. The van der Waals surface area contributed by atoms with Crippen molar-refractivity contribution in [3.63, 3.8) is 0 Å². The SMILES string of the molecule is O=C(NC1CC1)NC1CCNC2(CCC2)C1. The zero-order valence-electron chi connectivity index (χ0n) is 9.72. The number of carbonyl (C=O) groups is 1. The summed E-state index contributed by atoms with van der Waals surface area (Å²) in [6.45, 7) is 1.05. The second-order valence-electron chi connectivity index (χ2n) is 5.64. The highest BCUT2D eigenvalue weighted by Gasteiger charge is 2.41. The van der Waals surface area contributed by atoms with Crippen molar-refractivity contribution in [1.82, 2.24) is 16.0 Å². The Morgan fingerprint density at radius 3 is 2.50 bits per heavy atom. The van der Waals surface area contributed by atoms with Gasteiger partial charge < -0.3 is 16.0 Å². The summed E-state index contributed by atoms with van der Waals surface area (Å²) in [6, 6.07) is 0.878. The fraction of sp³-hybridized carbons (Fsp3) is 0.917. The first-order chi connectivity index (χ1) is 7.76. The Morgan fingerprint density at radius 2 is 1.88 bits per heavy atom. The zero-order chi connectivity index (χ0) is 11.0. The number of carbonyl (C=O) groups excluding carboxylic acids is 1. The highest BCUT2D eigenvalue weighted by molar-refractivity contribution is 5.74. The van der Waals surface area contributed by atoms with Crippen LogP contribution >= 0.6 is 0 Å². The van der Waals surface area contributed by atoms with E-state index in [0.717, 1.165) is 32.2 Å². The molecule has 0 aromatic heterocycles. The molecular weight excluding hydrogens is 202 g/mol. The first-order valence-electron chi connectivity index (χ1n) is 6.58. The maximum atomic E-state index is 11.6. The van der Waals surface area contributed by atoms with Crippen molar-refractivity contribution in [3.8, 4) is 0 Å². The molecule has 1 aliphatic heterocycles. The molecule has 3 aliphatic rings. The third-order valence-electron chi connectivity index (χ3n) is 4.19.